The van der Waals surface area contributed by atoms with Crippen LogP contribution in [0.15, 0.2) is 0 Å². The Morgan fingerprint density at radius 1 is 1.44 bits per heavy atom. The topological polar surface area (TPSA) is 96.6 Å². The van der Waals surface area contributed by atoms with Crippen LogP contribution in [-0.4, -0.2) is 42.5 Å². The predicted octanol–water partition coefficient (Wildman–Crippen LogP) is 0.156. The van der Waals surface area contributed by atoms with Gasteiger partial charge in [0.1, 0.15) is 0 Å². The fraction of sp³-hybridized carbons (Fsp3) is 0.667. The summed E-state index contributed by atoms with van der Waals surface area (Å²) in [6.45, 7) is 0.975. The van der Waals surface area contributed by atoms with Crippen molar-refractivity contribution in [1.29, 1.82) is 5.26 Å². The van der Waals surface area contributed by atoms with E-state index in [0.29, 0.717) is 7.11 Å². The van der Waals surface area contributed by atoms with Crippen molar-refractivity contribution in [2.24, 2.45) is 5.92 Å². The lowest BCUT2D eigenvalue weighted by molar-refractivity contribution is -0.272. The Hall–Kier alpha value is -1.82. The molecule has 0 aliphatic carbocycles. The maximum absolute atomic E-state index is 12.7. The molecular formula is C9H10F3NO5. The van der Waals surface area contributed by atoms with Gasteiger partial charge >= 0.3 is 18.1 Å². The van der Waals surface area contributed by atoms with Crippen molar-refractivity contribution in [1.82, 2.24) is 0 Å². The molecule has 0 heterocycles. The zero-order chi connectivity index (χ0) is 14.6. The number of carbonyl (C=O) groups is 2. The van der Waals surface area contributed by atoms with Crippen LogP contribution in [0.25, 0.3) is 0 Å². The number of halogens is 3. The maximum Gasteiger partial charge on any atom is 0.430 e. The molecule has 0 aromatic heterocycles. The van der Waals surface area contributed by atoms with Gasteiger partial charge in [0.15, 0.2) is 5.92 Å². The molecule has 9 heteroatoms. The summed E-state index contributed by atoms with van der Waals surface area (Å²) in [5.41, 5.74) is -4.26. The molecule has 0 bridgehead atoms. The van der Waals surface area contributed by atoms with Gasteiger partial charge in [-0.1, -0.05) is 0 Å². The van der Waals surface area contributed by atoms with Gasteiger partial charge in [-0.25, -0.2) is 4.79 Å². The van der Waals surface area contributed by atoms with E-state index < -0.39 is 29.6 Å². The highest BCUT2D eigenvalue weighted by atomic mass is 19.4. The third-order valence-corrected chi connectivity index (χ3v) is 2.00. The van der Waals surface area contributed by atoms with Crippen molar-refractivity contribution < 1.29 is 37.3 Å². The van der Waals surface area contributed by atoms with Crippen LogP contribution in [0.5, 0.6) is 0 Å². The lowest BCUT2D eigenvalue weighted by atomic mass is 9.87. The Balaban J connectivity index is 5.65. The third kappa shape index (κ3) is 2.70. The molecule has 0 aliphatic rings. The molecular weight excluding hydrogens is 259 g/mol. The Bertz CT molecular complexity index is 375. The minimum Gasteiger partial charge on any atom is -0.467 e. The van der Waals surface area contributed by atoms with Crippen molar-refractivity contribution >= 4 is 11.9 Å². The quantitative estimate of drug-likeness (QED) is 0.730. The van der Waals surface area contributed by atoms with E-state index in [-0.39, 0.29) is 6.61 Å². The normalized spacial score (nSPS) is 16.1. The van der Waals surface area contributed by atoms with Gasteiger partial charge in [0.05, 0.1) is 19.8 Å². The van der Waals surface area contributed by atoms with Crippen LogP contribution < -0.4 is 0 Å². The van der Waals surface area contributed by atoms with E-state index in [9.17, 15) is 27.9 Å². The molecule has 0 rings (SSSR count). The molecule has 0 saturated heterocycles. The van der Waals surface area contributed by atoms with Crippen LogP contribution in [0.4, 0.5) is 13.2 Å². The number of hydrogen-bond donors (Lipinski definition) is 1. The molecule has 0 aliphatic heterocycles. The fourth-order valence-electron chi connectivity index (χ4n) is 1.10. The summed E-state index contributed by atoms with van der Waals surface area (Å²) in [6, 6.07) is 0.904. The van der Waals surface area contributed by atoms with E-state index in [1.54, 1.807) is 0 Å². The summed E-state index contributed by atoms with van der Waals surface area (Å²) in [5.74, 6) is -6.58. The number of carbonyl (C=O) groups excluding carboxylic acids is 2. The number of rotatable bonds is 4. The van der Waals surface area contributed by atoms with Crippen molar-refractivity contribution in [2.75, 3.05) is 13.7 Å². The van der Waals surface area contributed by atoms with Gasteiger partial charge in [-0.2, -0.15) is 18.4 Å². The van der Waals surface area contributed by atoms with E-state index in [2.05, 4.69) is 9.47 Å². The summed E-state index contributed by atoms with van der Waals surface area (Å²) < 4.78 is 46.0. The molecule has 0 amide bonds. The Morgan fingerprint density at radius 3 is 2.22 bits per heavy atom. The van der Waals surface area contributed by atoms with Crippen LogP contribution in [-0.2, 0) is 19.1 Å². The second-order valence-electron chi connectivity index (χ2n) is 3.07. The molecule has 6 nitrogen and oxygen atoms in total. The minimum absolute atomic E-state index is 0.313. The molecule has 0 fully saturated rings. The van der Waals surface area contributed by atoms with Gasteiger partial charge in [0.2, 0.25) is 0 Å². The second kappa shape index (κ2) is 5.68. The van der Waals surface area contributed by atoms with E-state index >= 15 is 0 Å². The smallest absolute Gasteiger partial charge is 0.430 e. The molecule has 2 atom stereocenters. The third-order valence-electron chi connectivity index (χ3n) is 2.00. The van der Waals surface area contributed by atoms with E-state index in [1.807, 2.05) is 0 Å². The first kappa shape index (κ1) is 16.2. The summed E-state index contributed by atoms with van der Waals surface area (Å²) in [6.07, 6.45) is -5.56. The molecule has 0 aromatic rings. The Morgan fingerprint density at radius 2 is 1.94 bits per heavy atom. The molecule has 0 spiro atoms. The van der Waals surface area contributed by atoms with E-state index in [1.165, 1.54) is 6.92 Å². The summed E-state index contributed by atoms with van der Waals surface area (Å²) in [7, 11) is 0.582. The largest absolute Gasteiger partial charge is 0.467 e. The summed E-state index contributed by atoms with van der Waals surface area (Å²) >= 11 is 0. The number of nitrogens with zero attached hydrogens (tertiary/aromatic N) is 1. The zero-order valence-corrected chi connectivity index (χ0v) is 9.45. The van der Waals surface area contributed by atoms with Crippen molar-refractivity contribution in [2.45, 2.75) is 18.7 Å². The van der Waals surface area contributed by atoms with Gasteiger partial charge in [0.25, 0.3) is 5.60 Å². The van der Waals surface area contributed by atoms with Gasteiger partial charge in [0, 0.05) is 0 Å². The van der Waals surface area contributed by atoms with Crippen molar-refractivity contribution in [3.05, 3.63) is 0 Å². The molecule has 1 N–H and O–H groups in total. The molecule has 0 aromatic carbocycles. The average molecular weight is 269 g/mol. The van der Waals surface area contributed by atoms with Crippen LogP contribution >= 0.6 is 0 Å². The van der Waals surface area contributed by atoms with Gasteiger partial charge in [-0.05, 0) is 6.92 Å². The first-order valence-electron chi connectivity index (χ1n) is 4.60. The number of ether oxygens (including phenoxy) is 2. The number of hydrogen-bond acceptors (Lipinski definition) is 6. The average Bonchev–Trinajstić information content (AvgIpc) is 2.27. The SMILES string of the molecule is CCOC(=O)C(C#N)C(O)(C(=O)OC)C(F)(F)F. The van der Waals surface area contributed by atoms with E-state index in [0.717, 1.165) is 6.07 Å². The van der Waals surface area contributed by atoms with Crippen LogP contribution in [0.1, 0.15) is 6.92 Å². The van der Waals surface area contributed by atoms with Gasteiger partial charge < -0.3 is 14.6 Å². The van der Waals surface area contributed by atoms with E-state index in [4.69, 9.17) is 5.26 Å². The molecule has 2 unspecified atom stereocenters. The molecule has 0 saturated carbocycles. The maximum atomic E-state index is 12.7. The molecule has 102 valence electrons. The van der Waals surface area contributed by atoms with Crippen LogP contribution in [0.2, 0.25) is 0 Å². The Kier molecular flexibility index (Phi) is 5.11. The number of esters is 2. The van der Waals surface area contributed by atoms with Gasteiger partial charge in [-0.3, -0.25) is 4.79 Å². The highest BCUT2D eigenvalue weighted by Gasteiger charge is 2.68. The molecule has 0 radical (unpaired) electrons. The highest BCUT2D eigenvalue weighted by Crippen LogP contribution is 2.37. The second-order valence-corrected chi connectivity index (χ2v) is 3.07. The fourth-order valence-corrected chi connectivity index (χ4v) is 1.10. The summed E-state index contributed by atoms with van der Waals surface area (Å²) in [5, 5.41) is 17.9. The molecule has 18 heavy (non-hydrogen) atoms. The minimum atomic E-state index is -5.56. The summed E-state index contributed by atoms with van der Waals surface area (Å²) in [4.78, 5) is 22.2. The number of alkyl halides is 3. The zero-order valence-electron chi connectivity index (χ0n) is 9.45. The first-order valence-corrected chi connectivity index (χ1v) is 4.60. The lowest BCUT2D eigenvalue weighted by Crippen LogP contribution is -2.60. The standard InChI is InChI=1S/C9H10F3NO5/c1-3-18-6(14)5(4-13)8(16,7(15)17-2)9(10,11)12/h5,16H,3H2,1-2H3. The monoisotopic (exact) mass is 269 g/mol. The number of methoxy groups -OCH3 is 1. The first-order chi connectivity index (χ1) is 8.16. The van der Waals surface area contributed by atoms with Crippen molar-refractivity contribution in [3.63, 3.8) is 0 Å². The Labute approximate surface area is 99.9 Å². The van der Waals surface area contributed by atoms with Crippen molar-refractivity contribution in [3.8, 4) is 6.07 Å². The number of nitriles is 1. The van der Waals surface area contributed by atoms with Gasteiger partial charge in [-0.15, -0.1) is 0 Å². The number of aliphatic hydroxyl groups is 1. The predicted molar refractivity (Wildman–Crippen MR) is 48.8 cm³/mol. The van der Waals surface area contributed by atoms with Crippen LogP contribution in [0, 0.1) is 17.2 Å². The van der Waals surface area contributed by atoms with Crippen LogP contribution in [0.3, 0.4) is 0 Å². The lowest BCUT2D eigenvalue weighted by Gasteiger charge is -2.29. The highest BCUT2D eigenvalue weighted by molar-refractivity contribution is 5.90.